The Morgan fingerprint density at radius 3 is 2.41 bits per heavy atom. The summed E-state index contributed by atoms with van der Waals surface area (Å²) in [6, 6.07) is 6.87. The summed E-state index contributed by atoms with van der Waals surface area (Å²) in [5.41, 5.74) is 0.795. The van der Waals surface area contributed by atoms with Crippen LogP contribution in [0.5, 0.6) is 5.75 Å². The van der Waals surface area contributed by atoms with Crippen molar-refractivity contribution in [1.82, 2.24) is 10.2 Å². The number of nitrogens with zero attached hydrogens (tertiary/aromatic N) is 1. The van der Waals surface area contributed by atoms with Gasteiger partial charge in [-0.25, -0.2) is 0 Å². The Bertz CT molecular complexity index is 808. The molecule has 0 saturated carbocycles. The summed E-state index contributed by atoms with van der Waals surface area (Å²) < 4.78 is 4.38. The van der Waals surface area contributed by atoms with E-state index in [1.165, 1.54) is 11.8 Å². The van der Waals surface area contributed by atoms with E-state index in [0.717, 1.165) is 5.56 Å². The molecule has 1 atom stereocenters. The summed E-state index contributed by atoms with van der Waals surface area (Å²) in [4.78, 5) is 26.4. The first kappa shape index (κ1) is 24.3. The SMILES string of the molecule is CCN1C(=O)/C(=C/c2ccc(O[C@@H](NC(=O)CC(C)C)C(Cl)(Cl)Cl)cc2)SC1=S. The third kappa shape index (κ3) is 7.03. The van der Waals surface area contributed by atoms with Gasteiger partial charge >= 0.3 is 0 Å². The number of likely N-dealkylation sites (N-methyl/N-ethyl adjacent to an activating group) is 1. The molecular weight excluding hydrogens is 475 g/mol. The minimum Gasteiger partial charge on any atom is -0.466 e. The fourth-order valence-electron chi connectivity index (χ4n) is 2.46. The van der Waals surface area contributed by atoms with Gasteiger partial charge in [0.25, 0.3) is 5.91 Å². The maximum absolute atomic E-state index is 12.3. The lowest BCUT2D eigenvalue weighted by molar-refractivity contribution is -0.124. The number of thiocarbonyl (C=S) groups is 1. The molecule has 1 aliphatic rings. The standard InChI is InChI=1S/C19H21Cl3N2O3S2/c1-4-24-16(26)14(29-18(24)28)10-12-5-7-13(8-6-12)27-17(19(20,21)22)23-15(25)9-11(2)3/h5-8,10-11,17H,4,9H2,1-3H3,(H,23,25)/b14-10-/t17-/m1/s1. The van der Waals surface area contributed by atoms with Crippen LogP contribution in [0.4, 0.5) is 0 Å². The molecular formula is C19H21Cl3N2O3S2. The highest BCUT2D eigenvalue weighted by molar-refractivity contribution is 8.26. The molecule has 0 aliphatic carbocycles. The Morgan fingerprint density at radius 1 is 1.31 bits per heavy atom. The number of halogens is 3. The predicted octanol–water partition coefficient (Wildman–Crippen LogP) is 5.15. The fourth-order valence-corrected chi connectivity index (χ4v) is 4.14. The smallest absolute Gasteiger partial charge is 0.266 e. The van der Waals surface area contributed by atoms with Gasteiger partial charge in [0.2, 0.25) is 15.9 Å². The largest absolute Gasteiger partial charge is 0.466 e. The molecule has 1 saturated heterocycles. The molecule has 0 unspecified atom stereocenters. The highest BCUT2D eigenvalue weighted by Gasteiger charge is 2.36. The summed E-state index contributed by atoms with van der Waals surface area (Å²) in [6.07, 6.45) is 0.899. The molecule has 29 heavy (non-hydrogen) atoms. The van der Waals surface area contributed by atoms with Gasteiger partial charge in [-0.15, -0.1) is 0 Å². The Morgan fingerprint density at radius 2 is 1.93 bits per heavy atom. The number of ether oxygens (including phenoxy) is 1. The molecule has 1 N–H and O–H groups in total. The second-order valence-electron chi connectivity index (χ2n) is 6.70. The molecule has 158 valence electrons. The van der Waals surface area contributed by atoms with Crippen molar-refractivity contribution in [3.05, 3.63) is 34.7 Å². The van der Waals surface area contributed by atoms with E-state index in [1.54, 1.807) is 35.2 Å². The fraction of sp³-hybridized carbons (Fsp3) is 0.421. The van der Waals surface area contributed by atoms with Crippen LogP contribution in [0, 0.1) is 5.92 Å². The first-order chi connectivity index (χ1) is 13.5. The maximum atomic E-state index is 12.3. The van der Waals surface area contributed by atoms with Crippen molar-refractivity contribution in [2.75, 3.05) is 6.54 Å². The first-order valence-electron chi connectivity index (χ1n) is 8.89. The lowest BCUT2D eigenvalue weighted by Crippen LogP contribution is -2.48. The topological polar surface area (TPSA) is 58.6 Å². The molecule has 10 heteroatoms. The molecule has 0 bridgehead atoms. The second-order valence-corrected chi connectivity index (χ2v) is 10.7. The average Bonchev–Trinajstić information content (AvgIpc) is 2.87. The lowest BCUT2D eigenvalue weighted by atomic mass is 10.1. The highest BCUT2D eigenvalue weighted by Crippen LogP contribution is 2.34. The zero-order valence-electron chi connectivity index (χ0n) is 16.1. The van der Waals surface area contributed by atoms with Crippen LogP contribution in [0.15, 0.2) is 29.2 Å². The summed E-state index contributed by atoms with van der Waals surface area (Å²) in [5, 5.41) is 2.60. The predicted molar refractivity (Wildman–Crippen MR) is 124 cm³/mol. The number of hydrogen-bond acceptors (Lipinski definition) is 5. The molecule has 0 radical (unpaired) electrons. The van der Waals surface area contributed by atoms with Gasteiger partial charge in [0.1, 0.15) is 10.1 Å². The van der Waals surface area contributed by atoms with Crippen LogP contribution in [0.25, 0.3) is 6.08 Å². The molecule has 1 aromatic carbocycles. The van der Waals surface area contributed by atoms with Gasteiger partial charge in [0.15, 0.2) is 0 Å². The number of carbonyl (C=O) groups is 2. The Labute approximate surface area is 195 Å². The van der Waals surface area contributed by atoms with Gasteiger partial charge in [0.05, 0.1) is 4.91 Å². The van der Waals surface area contributed by atoms with Crippen LogP contribution in [-0.2, 0) is 9.59 Å². The van der Waals surface area contributed by atoms with E-state index in [9.17, 15) is 9.59 Å². The monoisotopic (exact) mass is 494 g/mol. The number of alkyl halides is 3. The molecule has 1 aromatic rings. The zero-order chi connectivity index (χ0) is 21.8. The second kappa shape index (κ2) is 10.4. The van der Waals surface area contributed by atoms with Crippen LogP contribution in [0.2, 0.25) is 0 Å². The van der Waals surface area contributed by atoms with E-state index in [2.05, 4.69) is 5.32 Å². The van der Waals surface area contributed by atoms with Crippen LogP contribution in [0.1, 0.15) is 32.8 Å². The quantitative estimate of drug-likeness (QED) is 0.245. The molecule has 2 amide bonds. The number of carbonyl (C=O) groups excluding carboxylic acids is 2. The number of nitrogens with one attached hydrogen (secondary N) is 1. The minimum atomic E-state index is -1.85. The van der Waals surface area contributed by atoms with Crippen molar-refractivity contribution in [3.63, 3.8) is 0 Å². The molecule has 0 spiro atoms. The molecule has 2 rings (SSSR count). The zero-order valence-corrected chi connectivity index (χ0v) is 20.0. The maximum Gasteiger partial charge on any atom is 0.266 e. The summed E-state index contributed by atoms with van der Waals surface area (Å²) in [7, 11) is 0. The van der Waals surface area contributed by atoms with E-state index >= 15 is 0 Å². The van der Waals surface area contributed by atoms with Gasteiger partial charge in [0, 0.05) is 13.0 Å². The highest BCUT2D eigenvalue weighted by atomic mass is 35.6. The molecule has 1 heterocycles. The number of hydrogen-bond donors (Lipinski definition) is 1. The molecule has 1 aliphatic heterocycles. The normalized spacial score (nSPS) is 17.2. The third-order valence-electron chi connectivity index (χ3n) is 3.80. The van der Waals surface area contributed by atoms with E-state index in [1.807, 2.05) is 20.8 Å². The van der Waals surface area contributed by atoms with Gasteiger partial charge < -0.3 is 10.1 Å². The van der Waals surface area contributed by atoms with E-state index in [0.29, 0.717) is 21.5 Å². The minimum absolute atomic E-state index is 0.105. The molecule has 5 nitrogen and oxygen atoms in total. The van der Waals surface area contributed by atoms with Crippen LogP contribution >= 0.6 is 58.8 Å². The Balaban J connectivity index is 2.10. The average molecular weight is 496 g/mol. The lowest BCUT2D eigenvalue weighted by Gasteiger charge is -2.26. The van der Waals surface area contributed by atoms with Crippen molar-refractivity contribution in [2.24, 2.45) is 5.92 Å². The molecule has 1 fully saturated rings. The summed E-state index contributed by atoms with van der Waals surface area (Å²) in [6.45, 7) is 6.24. The first-order valence-corrected chi connectivity index (χ1v) is 11.2. The van der Waals surface area contributed by atoms with Gasteiger partial charge in [-0.1, -0.05) is 84.8 Å². The number of rotatable bonds is 7. The summed E-state index contributed by atoms with van der Waals surface area (Å²) in [5.74, 6) is 0.188. The van der Waals surface area contributed by atoms with Crippen molar-refractivity contribution < 1.29 is 14.3 Å². The number of benzene rings is 1. The van der Waals surface area contributed by atoms with Gasteiger partial charge in [-0.2, -0.15) is 0 Å². The third-order valence-corrected chi connectivity index (χ3v) is 5.78. The van der Waals surface area contributed by atoms with Crippen molar-refractivity contribution in [2.45, 2.75) is 37.2 Å². The van der Waals surface area contributed by atoms with Crippen LogP contribution in [-0.4, -0.2) is 37.6 Å². The van der Waals surface area contributed by atoms with Gasteiger partial charge in [-0.05, 0) is 36.6 Å². The number of amides is 2. The Kier molecular flexibility index (Phi) is 8.67. The molecule has 0 aromatic heterocycles. The van der Waals surface area contributed by atoms with Crippen molar-refractivity contribution in [1.29, 1.82) is 0 Å². The van der Waals surface area contributed by atoms with Crippen LogP contribution in [0.3, 0.4) is 0 Å². The summed E-state index contributed by atoms with van der Waals surface area (Å²) >= 11 is 24.3. The number of thioether (sulfide) groups is 1. The van der Waals surface area contributed by atoms with E-state index in [4.69, 9.17) is 51.8 Å². The Hall–Kier alpha value is -0.990. The van der Waals surface area contributed by atoms with Crippen LogP contribution < -0.4 is 10.1 Å². The van der Waals surface area contributed by atoms with Crippen molar-refractivity contribution >= 4 is 81.0 Å². The van der Waals surface area contributed by atoms with Gasteiger partial charge in [-0.3, -0.25) is 14.5 Å². The van der Waals surface area contributed by atoms with E-state index in [-0.39, 0.29) is 24.2 Å². The van der Waals surface area contributed by atoms with Crippen molar-refractivity contribution in [3.8, 4) is 5.75 Å². The van der Waals surface area contributed by atoms with E-state index < -0.39 is 10.0 Å².